The Hall–Kier alpha value is -3.35. The zero-order chi connectivity index (χ0) is 18.5. The molecular formula is C20H22N6O. The lowest BCUT2D eigenvalue weighted by atomic mass is 10.2. The number of piperazine rings is 1. The van der Waals surface area contributed by atoms with Gasteiger partial charge in [-0.25, -0.2) is 9.97 Å². The van der Waals surface area contributed by atoms with Gasteiger partial charge in [0.15, 0.2) is 0 Å². The molecule has 27 heavy (non-hydrogen) atoms. The molecule has 3 heterocycles. The van der Waals surface area contributed by atoms with E-state index >= 15 is 0 Å². The second-order valence-corrected chi connectivity index (χ2v) is 6.47. The topological polar surface area (TPSA) is 66.3 Å². The molecule has 1 saturated heterocycles. The van der Waals surface area contributed by atoms with Gasteiger partial charge in [-0.3, -0.25) is 4.79 Å². The fourth-order valence-corrected chi connectivity index (χ4v) is 3.24. The third-order valence-electron chi connectivity index (χ3n) is 4.64. The van der Waals surface area contributed by atoms with Crippen LogP contribution < -0.4 is 15.1 Å². The van der Waals surface area contributed by atoms with E-state index in [1.165, 1.54) is 12.0 Å². The second-order valence-electron chi connectivity index (χ2n) is 6.47. The van der Waals surface area contributed by atoms with Gasteiger partial charge in [-0.1, -0.05) is 18.2 Å². The summed E-state index contributed by atoms with van der Waals surface area (Å²) in [6, 6.07) is 16.1. The Morgan fingerprint density at radius 1 is 0.926 bits per heavy atom. The highest BCUT2D eigenvalue weighted by Gasteiger charge is 2.19. The molecule has 7 nitrogen and oxygen atoms in total. The minimum absolute atomic E-state index is 0.107. The van der Waals surface area contributed by atoms with Crippen molar-refractivity contribution in [3.8, 4) is 0 Å². The van der Waals surface area contributed by atoms with E-state index in [1.807, 2.05) is 41.2 Å². The van der Waals surface area contributed by atoms with Crippen LogP contribution in [-0.2, 0) is 11.3 Å². The predicted octanol–water partition coefficient (Wildman–Crippen LogP) is 2.24. The molecule has 0 bridgehead atoms. The summed E-state index contributed by atoms with van der Waals surface area (Å²) < 4.78 is 1.82. The van der Waals surface area contributed by atoms with E-state index in [0.29, 0.717) is 5.82 Å². The highest BCUT2D eigenvalue weighted by Crippen LogP contribution is 2.20. The van der Waals surface area contributed by atoms with Gasteiger partial charge in [0.2, 0.25) is 5.91 Å². The average Bonchev–Trinajstić information content (AvgIpc) is 3.22. The summed E-state index contributed by atoms with van der Waals surface area (Å²) in [5.41, 5.74) is 1.25. The van der Waals surface area contributed by atoms with Crippen LogP contribution in [0.4, 0.5) is 17.3 Å². The summed E-state index contributed by atoms with van der Waals surface area (Å²) in [5, 5.41) is 2.85. The molecule has 4 rings (SSSR count). The van der Waals surface area contributed by atoms with E-state index < -0.39 is 0 Å². The van der Waals surface area contributed by atoms with Gasteiger partial charge in [0, 0.05) is 50.3 Å². The Morgan fingerprint density at radius 3 is 2.37 bits per heavy atom. The summed E-state index contributed by atoms with van der Waals surface area (Å²) in [5.74, 6) is 1.27. The maximum Gasteiger partial charge on any atom is 0.245 e. The van der Waals surface area contributed by atoms with Crippen LogP contribution in [0, 0.1) is 0 Å². The summed E-state index contributed by atoms with van der Waals surface area (Å²) in [7, 11) is 0. The number of nitrogens with zero attached hydrogens (tertiary/aromatic N) is 5. The Balaban J connectivity index is 1.36. The molecule has 7 heteroatoms. The van der Waals surface area contributed by atoms with Gasteiger partial charge < -0.3 is 19.7 Å². The first kappa shape index (κ1) is 17.1. The average molecular weight is 362 g/mol. The van der Waals surface area contributed by atoms with Crippen LogP contribution in [0.3, 0.4) is 0 Å². The number of nitrogens with one attached hydrogen (secondary N) is 1. The van der Waals surface area contributed by atoms with Gasteiger partial charge in [0.1, 0.15) is 24.5 Å². The molecular weight excluding hydrogens is 340 g/mol. The molecule has 3 aromatic rings. The lowest BCUT2D eigenvalue weighted by molar-refractivity contribution is -0.116. The number of carbonyl (C=O) groups is 1. The van der Waals surface area contributed by atoms with Crippen molar-refractivity contribution in [2.24, 2.45) is 0 Å². The molecule has 1 aromatic carbocycles. The summed E-state index contributed by atoms with van der Waals surface area (Å²) in [4.78, 5) is 25.3. The Bertz CT molecular complexity index is 873. The standard InChI is InChI=1S/C20H22N6O/c27-20(15-24-8-4-5-9-24)23-18-14-19(22-16-21-18)26-12-10-25(11-13-26)17-6-2-1-3-7-17/h1-9,14,16H,10-13,15H2,(H,21,22,23,27). The van der Waals surface area contributed by atoms with Crippen molar-refractivity contribution < 1.29 is 4.79 Å². The van der Waals surface area contributed by atoms with Crippen molar-refractivity contribution in [1.82, 2.24) is 14.5 Å². The number of amides is 1. The lowest BCUT2D eigenvalue weighted by Gasteiger charge is -2.36. The van der Waals surface area contributed by atoms with Crippen LogP contribution in [0.1, 0.15) is 0 Å². The van der Waals surface area contributed by atoms with E-state index in [-0.39, 0.29) is 12.5 Å². The number of carbonyl (C=O) groups excluding carboxylic acids is 1. The lowest BCUT2D eigenvalue weighted by Crippen LogP contribution is -2.46. The number of para-hydroxylation sites is 1. The first-order valence-corrected chi connectivity index (χ1v) is 9.05. The van der Waals surface area contributed by atoms with E-state index in [0.717, 1.165) is 32.0 Å². The minimum atomic E-state index is -0.107. The molecule has 1 aliphatic rings. The van der Waals surface area contributed by atoms with E-state index in [9.17, 15) is 4.79 Å². The van der Waals surface area contributed by atoms with Crippen molar-refractivity contribution in [3.63, 3.8) is 0 Å². The van der Waals surface area contributed by atoms with Crippen molar-refractivity contribution in [1.29, 1.82) is 0 Å². The number of benzene rings is 1. The van der Waals surface area contributed by atoms with Crippen LogP contribution in [0.25, 0.3) is 0 Å². The molecule has 0 aliphatic carbocycles. The van der Waals surface area contributed by atoms with Crippen LogP contribution in [-0.4, -0.2) is 46.6 Å². The van der Waals surface area contributed by atoms with Gasteiger partial charge in [0.05, 0.1) is 0 Å². The fourth-order valence-electron chi connectivity index (χ4n) is 3.24. The molecule has 1 aliphatic heterocycles. The molecule has 0 atom stereocenters. The smallest absolute Gasteiger partial charge is 0.245 e. The van der Waals surface area contributed by atoms with Crippen LogP contribution in [0.15, 0.2) is 67.3 Å². The fraction of sp³-hybridized carbons (Fsp3) is 0.250. The largest absolute Gasteiger partial charge is 0.368 e. The Kier molecular flexibility index (Phi) is 5.00. The molecule has 1 N–H and O–H groups in total. The van der Waals surface area contributed by atoms with Gasteiger partial charge in [-0.15, -0.1) is 0 Å². The van der Waals surface area contributed by atoms with Gasteiger partial charge in [0.25, 0.3) is 0 Å². The van der Waals surface area contributed by atoms with Gasteiger partial charge in [-0.2, -0.15) is 0 Å². The molecule has 2 aromatic heterocycles. The quantitative estimate of drug-likeness (QED) is 0.754. The molecule has 0 spiro atoms. The third-order valence-corrected chi connectivity index (χ3v) is 4.64. The van der Waals surface area contributed by atoms with Crippen molar-refractivity contribution in [2.45, 2.75) is 6.54 Å². The number of aromatic nitrogens is 3. The maximum absolute atomic E-state index is 12.2. The maximum atomic E-state index is 12.2. The number of anilines is 3. The summed E-state index contributed by atoms with van der Waals surface area (Å²) >= 11 is 0. The van der Waals surface area contributed by atoms with Gasteiger partial charge in [-0.05, 0) is 24.3 Å². The van der Waals surface area contributed by atoms with Gasteiger partial charge >= 0.3 is 0 Å². The SMILES string of the molecule is O=C(Cn1cccc1)Nc1cc(N2CCN(c3ccccc3)CC2)ncn1. The number of rotatable bonds is 5. The molecule has 0 saturated carbocycles. The van der Waals surface area contributed by atoms with E-state index in [2.05, 4.69) is 49.4 Å². The van der Waals surface area contributed by atoms with Crippen LogP contribution in [0.2, 0.25) is 0 Å². The van der Waals surface area contributed by atoms with Crippen molar-refractivity contribution in [3.05, 3.63) is 67.3 Å². The van der Waals surface area contributed by atoms with E-state index in [1.54, 1.807) is 0 Å². The molecule has 1 amide bonds. The monoisotopic (exact) mass is 362 g/mol. The zero-order valence-electron chi connectivity index (χ0n) is 15.0. The highest BCUT2D eigenvalue weighted by atomic mass is 16.2. The number of hydrogen-bond acceptors (Lipinski definition) is 5. The third kappa shape index (κ3) is 4.25. The molecule has 1 fully saturated rings. The molecule has 138 valence electrons. The molecule has 0 unspecified atom stereocenters. The van der Waals surface area contributed by atoms with Crippen LogP contribution in [0.5, 0.6) is 0 Å². The number of hydrogen-bond donors (Lipinski definition) is 1. The zero-order valence-corrected chi connectivity index (χ0v) is 15.0. The normalized spacial score (nSPS) is 14.2. The Labute approximate surface area is 158 Å². The summed E-state index contributed by atoms with van der Waals surface area (Å²) in [6.45, 7) is 3.89. The minimum Gasteiger partial charge on any atom is -0.368 e. The van der Waals surface area contributed by atoms with Crippen molar-refractivity contribution >= 4 is 23.2 Å². The molecule has 0 radical (unpaired) electrons. The second kappa shape index (κ2) is 7.90. The predicted molar refractivity (Wildman–Crippen MR) is 106 cm³/mol. The first-order chi connectivity index (χ1) is 13.3. The first-order valence-electron chi connectivity index (χ1n) is 9.05. The summed E-state index contributed by atoms with van der Waals surface area (Å²) in [6.07, 6.45) is 5.22. The van der Waals surface area contributed by atoms with Crippen molar-refractivity contribution in [2.75, 3.05) is 41.3 Å². The highest BCUT2D eigenvalue weighted by molar-refractivity contribution is 5.89. The Morgan fingerprint density at radius 2 is 1.63 bits per heavy atom. The van der Waals surface area contributed by atoms with Crippen LogP contribution >= 0.6 is 0 Å². The van der Waals surface area contributed by atoms with E-state index in [4.69, 9.17) is 0 Å².